The van der Waals surface area contributed by atoms with E-state index >= 15 is 0 Å². The average molecular weight is 323 g/mol. The number of anilines is 1. The molecule has 0 aliphatic rings. The smallest absolute Gasteiger partial charge is 0.256 e. The van der Waals surface area contributed by atoms with Crippen LogP contribution in [0.1, 0.15) is 10.4 Å². The van der Waals surface area contributed by atoms with Crippen LogP contribution in [0, 0.1) is 5.82 Å². The summed E-state index contributed by atoms with van der Waals surface area (Å²) in [7, 11) is 0. The van der Waals surface area contributed by atoms with Crippen molar-refractivity contribution >= 4 is 22.8 Å². The molecule has 1 amide bonds. The van der Waals surface area contributed by atoms with Gasteiger partial charge < -0.3 is 10.3 Å². The number of aromatic nitrogens is 4. The molecule has 0 fully saturated rings. The van der Waals surface area contributed by atoms with Gasteiger partial charge in [0.1, 0.15) is 5.82 Å². The van der Waals surface area contributed by atoms with Crippen LogP contribution in [0.4, 0.5) is 10.2 Å². The van der Waals surface area contributed by atoms with Gasteiger partial charge in [0.05, 0.1) is 11.0 Å². The molecule has 8 heteroatoms. The number of carbonyl (C=O) groups excluding carboxylic acids is 1. The Morgan fingerprint density at radius 3 is 2.67 bits per heavy atom. The van der Waals surface area contributed by atoms with Crippen LogP contribution in [0.3, 0.4) is 0 Å². The lowest BCUT2D eigenvalue weighted by Gasteiger charge is -2.02. The predicted octanol–water partition coefficient (Wildman–Crippen LogP) is 3.00. The Morgan fingerprint density at radius 2 is 1.88 bits per heavy atom. The lowest BCUT2D eigenvalue weighted by atomic mass is 10.2. The minimum Gasteiger partial charge on any atom is -0.336 e. The van der Waals surface area contributed by atoms with Gasteiger partial charge in [-0.05, 0) is 46.7 Å². The molecule has 7 nitrogen and oxygen atoms in total. The summed E-state index contributed by atoms with van der Waals surface area (Å²) in [6.07, 6.45) is 0. The van der Waals surface area contributed by atoms with Crippen LogP contribution in [-0.4, -0.2) is 26.2 Å². The number of amides is 1. The molecule has 4 rings (SSSR count). The van der Waals surface area contributed by atoms with Gasteiger partial charge in [0.15, 0.2) is 11.5 Å². The SMILES string of the molecule is O=C(Nc1nonc1-c1nc2ccccc2[nH]1)c1ccc(F)cc1. The molecule has 0 aliphatic heterocycles. The maximum absolute atomic E-state index is 12.9. The highest BCUT2D eigenvalue weighted by molar-refractivity contribution is 6.05. The topological polar surface area (TPSA) is 96.7 Å². The second-order valence-corrected chi connectivity index (χ2v) is 5.03. The normalized spacial score (nSPS) is 10.9. The summed E-state index contributed by atoms with van der Waals surface area (Å²) in [4.78, 5) is 19.7. The number of hydrogen-bond acceptors (Lipinski definition) is 5. The molecule has 0 spiro atoms. The molecule has 0 radical (unpaired) electrons. The Bertz CT molecular complexity index is 989. The van der Waals surface area contributed by atoms with E-state index in [-0.39, 0.29) is 17.1 Å². The first-order valence-corrected chi connectivity index (χ1v) is 7.05. The van der Waals surface area contributed by atoms with Crippen LogP contribution in [0.5, 0.6) is 0 Å². The van der Waals surface area contributed by atoms with Crippen molar-refractivity contribution in [2.75, 3.05) is 5.32 Å². The largest absolute Gasteiger partial charge is 0.336 e. The van der Waals surface area contributed by atoms with E-state index in [4.69, 9.17) is 4.63 Å². The Morgan fingerprint density at radius 1 is 1.08 bits per heavy atom. The molecule has 2 N–H and O–H groups in total. The van der Waals surface area contributed by atoms with Gasteiger partial charge in [-0.3, -0.25) is 4.79 Å². The van der Waals surface area contributed by atoms with E-state index in [1.807, 2.05) is 24.3 Å². The highest BCUT2D eigenvalue weighted by atomic mass is 19.1. The predicted molar refractivity (Wildman–Crippen MR) is 83.7 cm³/mol. The molecule has 4 aromatic rings. The molecule has 2 aromatic heterocycles. The number of aromatic amines is 1. The molecule has 0 aliphatic carbocycles. The summed E-state index contributed by atoms with van der Waals surface area (Å²) in [5.74, 6) is -0.323. The van der Waals surface area contributed by atoms with Gasteiger partial charge in [0.2, 0.25) is 5.82 Å². The van der Waals surface area contributed by atoms with Crippen molar-refractivity contribution < 1.29 is 13.8 Å². The number of hydrogen-bond donors (Lipinski definition) is 2. The molecule has 0 atom stereocenters. The van der Waals surface area contributed by atoms with E-state index in [0.29, 0.717) is 5.82 Å². The molecular weight excluding hydrogens is 313 g/mol. The van der Waals surface area contributed by atoms with E-state index in [1.165, 1.54) is 24.3 Å². The van der Waals surface area contributed by atoms with Gasteiger partial charge >= 0.3 is 0 Å². The standard InChI is InChI=1S/C16H10FN5O2/c17-10-7-5-9(6-8-10)16(23)20-15-13(21-24-22-15)14-18-11-3-1-2-4-12(11)19-14/h1-8H,(H,18,19)(H,20,22,23). The third-order valence-electron chi connectivity index (χ3n) is 3.44. The second kappa shape index (κ2) is 5.58. The van der Waals surface area contributed by atoms with Crippen molar-refractivity contribution in [2.45, 2.75) is 0 Å². The zero-order valence-electron chi connectivity index (χ0n) is 12.2. The molecule has 0 saturated heterocycles. The van der Waals surface area contributed by atoms with Crippen molar-refractivity contribution in [2.24, 2.45) is 0 Å². The molecule has 2 aromatic carbocycles. The zero-order valence-corrected chi connectivity index (χ0v) is 12.2. The lowest BCUT2D eigenvalue weighted by Crippen LogP contribution is -2.12. The van der Waals surface area contributed by atoms with E-state index in [9.17, 15) is 9.18 Å². The number of rotatable bonds is 3. The van der Waals surface area contributed by atoms with Crippen LogP contribution < -0.4 is 5.32 Å². The summed E-state index contributed by atoms with van der Waals surface area (Å²) in [6.45, 7) is 0. The van der Waals surface area contributed by atoms with Crippen LogP contribution in [-0.2, 0) is 0 Å². The third kappa shape index (κ3) is 2.50. The number of nitrogens with one attached hydrogen (secondary N) is 2. The van der Waals surface area contributed by atoms with Gasteiger partial charge in [-0.2, -0.15) is 0 Å². The number of nitrogens with zero attached hydrogens (tertiary/aromatic N) is 3. The summed E-state index contributed by atoms with van der Waals surface area (Å²) in [5.41, 5.74) is 2.15. The lowest BCUT2D eigenvalue weighted by molar-refractivity contribution is 0.102. The molecule has 0 bridgehead atoms. The van der Waals surface area contributed by atoms with Crippen LogP contribution in [0.15, 0.2) is 53.2 Å². The van der Waals surface area contributed by atoms with Crippen molar-refractivity contribution in [1.29, 1.82) is 0 Å². The number of halogens is 1. The first-order chi connectivity index (χ1) is 11.7. The average Bonchev–Trinajstić information content (AvgIpc) is 3.21. The van der Waals surface area contributed by atoms with Crippen LogP contribution in [0.2, 0.25) is 0 Å². The quantitative estimate of drug-likeness (QED) is 0.604. The van der Waals surface area contributed by atoms with E-state index in [1.54, 1.807) is 0 Å². The molecule has 118 valence electrons. The number of benzene rings is 2. The fraction of sp³-hybridized carbons (Fsp3) is 0. The van der Waals surface area contributed by atoms with Crippen LogP contribution >= 0.6 is 0 Å². The number of para-hydroxylation sites is 2. The summed E-state index contributed by atoms with van der Waals surface area (Å²) < 4.78 is 17.6. The summed E-state index contributed by atoms with van der Waals surface area (Å²) >= 11 is 0. The van der Waals surface area contributed by atoms with E-state index in [2.05, 4.69) is 25.6 Å². The molecule has 0 saturated carbocycles. The number of H-pyrrole nitrogens is 1. The Labute approximate surface area is 134 Å². The molecule has 24 heavy (non-hydrogen) atoms. The minimum absolute atomic E-state index is 0.128. The first-order valence-electron chi connectivity index (χ1n) is 7.05. The van der Waals surface area contributed by atoms with Crippen molar-refractivity contribution in [3.8, 4) is 11.5 Å². The van der Waals surface area contributed by atoms with Gasteiger partial charge in [-0.25, -0.2) is 14.0 Å². The fourth-order valence-corrected chi connectivity index (χ4v) is 2.27. The molecular formula is C16H10FN5O2. The maximum atomic E-state index is 12.9. The highest BCUT2D eigenvalue weighted by Crippen LogP contribution is 2.24. The number of fused-ring (bicyclic) bond motifs is 1. The van der Waals surface area contributed by atoms with Gasteiger partial charge in [0.25, 0.3) is 5.91 Å². The van der Waals surface area contributed by atoms with Gasteiger partial charge in [-0.15, -0.1) is 0 Å². The highest BCUT2D eigenvalue weighted by Gasteiger charge is 2.19. The van der Waals surface area contributed by atoms with E-state index < -0.39 is 11.7 Å². The zero-order chi connectivity index (χ0) is 16.5. The van der Waals surface area contributed by atoms with Gasteiger partial charge in [-0.1, -0.05) is 12.1 Å². The van der Waals surface area contributed by atoms with E-state index in [0.717, 1.165) is 11.0 Å². The number of carbonyl (C=O) groups is 1. The van der Waals surface area contributed by atoms with Crippen molar-refractivity contribution in [3.63, 3.8) is 0 Å². The number of imidazole rings is 1. The molecule has 2 heterocycles. The van der Waals surface area contributed by atoms with Crippen molar-refractivity contribution in [1.82, 2.24) is 20.3 Å². The van der Waals surface area contributed by atoms with Gasteiger partial charge in [0, 0.05) is 5.56 Å². The monoisotopic (exact) mass is 323 g/mol. The first kappa shape index (κ1) is 14.1. The summed E-state index contributed by atoms with van der Waals surface area (Å²) in [5, 5.41) is 10.1. The second-order valence-electron chi connectivity index (χ2n) is 5.03. The fourth-order valence-electron chi connectivity index (χ4n) is 2.27. The Hall–Kier alpha value is -3.55. The van der Waals surface area contributed by atoms with Crippen molar-refractivity contribution in [3.05, 3.63) is 59.9 Å². The Balaban J connectivity index is 1.65. The maximum Gasteiger partial charge on any atom is 0.256 e. The Kier molecular flexibility index (Phi) is 3.27. The molecule has 0 unspecified atom stereocenters. The third-order valence-corrected chi connectivity index (χ3v) is 3.44. The van der Waals surface area contributed by atoms with Crippen LogP contribution in [0.25, 0.3) is 22.6 Å². The summed E-state index contributed by atoms with van der Waals surface area (Å²) in [6, 6.07) is 12.6. The minimum atomic E-state index is -0.455.